The van der Waals surface area contributed by atoms with Crippen LogP contribution in [0.15, 0.2) is 60.4 Å². The third-order valence-corrected chi connectivity index (χ3v) is 5.05. The summed E-state index contributed by atoms with van der Waals surface area (Å²) >= 11 is 1.51. The molecule has 0 spiro atoms. The molecule has 126 valence electrons. The molecule has 0 aliphatic rings. The molecule has 1 aromatic carbocycles. The number of pyridine rings is 1. The summed E-state index contributed by atoms with van der Waals surface area (Å²) in [6.45, 7) is 3.07. The lowest BCUT2D eigenvalue weighted by atomic mass is 10.1. The Morgan fingerprint density at radius 3 is 3.00 bits per heavy atom. The number of aliphatic hydroxyl groups is 1. The highest BCUT2D eigenvalue weighted by Crippen LogP contribution is 2.31. The second kappa shape index (κ2) is 6.70. The standard InChI is InChI=1S/C20H18N3OS/c1-2-10-23-12-16(15-7-3-4-8-18(15)23)19(24)17-13-25-20(22-17)14-6-5-9-21-11-14/h3-9,11-13,24H,2,10H2,1H3/q-1. The van der Waals surface area contributed by atoms with Gasteiger partial charge in [-0.15, -0.1) is 29.1 Å². The molecule has 0 fully saturated rings. The van der Waals surface area contributed by atoms with Crippen LogP contribution in [0.2, 0.25) is 0 Å². The zero-order valence-electron chi connectivity index (χ0n) is 13.9. The van der Waals surface area contributed by atoms with Crippen LogP contribution in [0.1, 0.15) is 24.6 Å². The Morgan fingerprint density at radius 2 is 2.20 bits per heavy atom. The summed E-state index contributed by atoms with van der Waals surface area (Å²) in [5, 5.41) is 14.7. The fraction of sp³-hybridized carbons (Fsp3) is 0.150. The molecule has 25 heavy (non-hydrogen) atoms. The number of aryl methyl sites for hydroxylation is 1. The van der Waals surface area contributed by atoms with Crippen molar-refractivity contribution in [2.24, 2.45) is 0 Å². The largest absolute Gasteiger partial charge is 0.420 e. The average molecular weight is 348 g/mol. The lowest BCUT2D eigenvalue weighted by Gasteiger charge is -2.15. The van der Waals surface area contributed by atoms with Crippen molar-refractivity contribution in [2.75, 3.05) is 0 Å². The second-order valence-corrected chi connectivity index (χ2v) is 6.74. The van der Waals surface area contributed by atoms with Crippen molar-refractivity contribution in [3.05, 3.63) is 77.7 Å². The Bertz CT molecular complexity index is 991. The Hall–Kier alpha value is -2.63. The van der Waals surface area contributed by atoms with Crippen LogP contribution in [0.25, 0.3) is 21.5 Å². The van der Waals surface area contributed by atoms with Gasteiger partial charge in [0.25, 0.3) is 0 Å². The molecule has 4 rings (SSSR count). The highest BCUT2D eigenvalue weighted by molar-refractivity contribution is 7.13. The SMILES string of the molecule is CCC[n+]1cc([C-](O)c2c[s+][c-](-c3cccnc3)n2)c2cccc[c-]21. The van der Waals surface area contributed by atoms with Gasteiger partial charge in [0.1, 0.15) is 11.9 Å². The Kier molecular flexibility index (Phi) is 4.26. The number of aliphatic hydroxyl groups excluding tert-OH is 1. The van der Waals surface area contributed by atoms with Crippen molar-refractivity contribution in [3.63, 3.8) is 0 Å². The Balaban J connectivity index is 1.73. The van der Waals surface area contributed by atoms with Crippen LogP contribution < -0.4 is 4.57 Å². The third kappa shape index (κ3) is 2.92. The van der Waals surface area contributed by atoms with E-state index in [0.29, 0.717) is 5.69 Å². The second-order valence-electron chi connectivity index (χ2n) is 5.88. The molecule has 3 aromatic heterocycles. The van der Waals surface area contributed by atoms with E-state index in [9.17, 15) is 5.11 Å². The van der Waals surface area contributed by atoms with Gasteiger partial charge in [-0.2, -0.15) is 6.07 Å². The van der Waals surface area contributed by atoms with Crippen LogP contribution in [-0.4, -0.2) is 15.1 Å². The van der Waals surface area contributed by atoms with Gasteiger partial charge >= 0.3 is 0 Å². The van der Waals surface area contributed by atoms with Gasteiger partial charge in [0.15, 0.2) is 11.3 Å². The maximum absolute atomic E-state index is 10.9. The van der Waals surface area contributed by atoms with Crippen LogP contribution in [-0.2, 0) is 6.54 Å². The van der Waals surface area contributed by atoms with E-state index in [4.69, 9.17) is 0 Å². The smallest absolute Gasteiger partial charge is 0.250 e. The summed E-state index contributed by atoms with van der Waals surface area (Å²) in [6, 6.07) is 12.0. The number of fused-ring (bicyclic) bond motifs is 1. The molecule has 4 nitrogen and oxygen atoms in total. The van der Waals surface area contributed by atoms with Gasteiger partial charge in [0.2, 0.25) is 5.01 Å². The van der Waals surface area contributed by atoms with Crippen LogP contribution in [0, 0.1) is 6.10 Å². The van der Waals surface area contributed by atoms with Crippen LogP contribution in [0.4, 0.5) is 0 Å². The molecule has 4 aromatic rings. The first-order chi connectivity index (χ1) is 12.3. The molecule has 0 amide bonds. The monoisotopic (exact) mass is 348 g/mol. The van der Waals surface area contributed by atoms with Gasteiger partial charge in [-0.3, -0.25) is 9.55 Å². The van der Waals surface area contributed by atoms with E-state index < -0.39 is 0 Å². The molecular formula is C20H18N3OS-. The number of rotatable bonds is 5. The van der Waals surface area contributed by atoms with Gasteiger partial charge in [-0.1, -0.05) is 19.1 Å². The van der Waals surface area contributed by atoms with Crippen LogP contribution in [0.3, 0.4) is 0 Å². The highest BCUT2D eigenvalue weighted by atomic mass is 32.1. The van der Waals surface area contributed by atoms with E-state index >= 15 is 0 Å². The molecule has 0 aliphatic carbocycles. The number of benzene rings is 1. The quantitative estimate of drug-likeness (QED) is 0.336. The minimum absolute atomic E-state index is 0.220. The molecule has 5 heteroatoms. The molecule has 0 aliphatic heterocycles. The van der Waals surface area contributed by atoms with Crippen molar-refractivity contribution in [1.82, 2.24) is 9.97 Å². The first-order valence-electron chi connectivity index (χ1n) is 8.28. The first kappa shape index (κ1) is 15.9. The van der Waals surface area contributed by atoms with Crippen molar-refractivity contribution < 1.29 is 9.67 Å². The number of hydrogen-bond donors (Lipinski definition) is 1. The summed E-state index contributed by atoms with van der Waals surface area (Å²) < 4.78 is 2.19. The normalized spacial score (nSPS) is 11.1. The van der Waals surface area contributed by atoms with Crippen molar-refractivity contribution in [2.45, 2.75) is 19.9 Å². The number of aromatic nitrogens is 3. The zero-order valence-corrected chi connectivity index (χ0v) is 14.7. The maximum atomic E-state index is 10.9. The summed E-state index contributed by atoms with van der Waals surface area (Å²) in [5.74, 6) is 0. The first-order valence-corrected chi connectivity index (χ1v) is 9.16. The predicted octanol–water partition coefficient (Wildman–Crippen LogP) is 4.08. The summed E-state index contributed by atoms with van der Waals surface area (Å²) in [7, 11) is 0. The van der Waals surface area contributed by atoms with E-state index in [0.717, 1.165) is 40.0 Å². The molecule has 0 bridgehead atoms. The number of nitrogens with zero attached hydrogens (tertiary/aromatic N) is 3. The fourth-order valence-electron chi connectivity index (χ4n) is 3.00. The number of hydrogen-bond acceptors (Lipinski definition) is 3. The maximum Gasteiger partial charge on any atom is 0.250 e. The molecule has 0 unspecified atom stereocenters. The van der Waals surface area contributed by atoms with Crippen LogP contribution >= 0.6 is 11.3 Å². The summed E-state index contributed by atoms with van der Waals surface area (Å²) in [4.78, 5) is 8.73. The van der Waals surface area contributed by atoms with E-state index in [1.54, 1.807) is 12.4 Å². The van der Waals surface area contributed by atoms with Crippen molar-refractivity contribution in [1.29, 1.82) is 0 Å². The lowest BCUT2D eigenvalue weighted by molar-refractivity contribution is -0.669. The molecule has 0 radical (unpaired) electrons. The predicted molar refractivity (Wildman–Crippen MR) is 98.8 cm³/mol. The third-order valence-electron chi connectivity index (χ3n) is 4.16. The Morgan fingerprint density at radius 1 is 1.28 bits per heavy atom. The van der Waals surface area contributed by atoms with E-state index in [-0.39, 0.29) is 6.10 Å². The molecule has 0 saturated heterocycles. The zero-order chi connectivity index (χ0) is 17.2. The molecule has 1 N–H and O–H groups in total. The number of thiazole rings is 1. The fourth-order valence-corrected chi connectivity index (χ4v) is 3.80. The Labute approximate surface area is 150 Å². The van der Waals surface area contributed by atoms with Crippen molar-refractivity contribution >= 4 is 22.2 Å². The summed E-state index contributed by atoms with van der Waals surface area (Å²) in [5.41, 5.74) is 3.52. The molecular weight excluding hydrogens is 330 g/mol. The molecule has 0 saturated carbocycles. The minimum Gasteiger partial charge on any atom is -0.420 e. The average Bonchev–Trinajstić information content (AvgIpc) is 3.28. The minimum atomic E-state index is 0.220. The highest BCUT2D eigenvalue weighted by Gasteiger charge is 2.16. The van der Waals surface area contributed by atoms with E-state index in [1.165, 1.54) is 11.3 Å². The number of para-hydroxylation sites is 1. The molecule has 3 heterocycles. The summed E-state index contributed by atoms with van der Waals surface area (Å²) in [6.07, 6.45) is 6.81. The van der Waals surface area contributed by atoms with Gasteiger partial charge in [0, 0.05) is 18.3 Å². The lowest BCUT2D eigenvalue weighted by Crippen LogP contribution is -2.31. The topological polar surface area (TPSA) is 49.9 Å². The van der Waals surface area contributed by atoms with Crippen LogP contribution in [0.5, 0.6) is 0 Å². The van der Waals surface area contributed by atoms with E-state index in [1.807, 2.05) is 41.9 Å². The van der Waals surface area contributed by atoms with Crippen molar-refractivity contribution in [3.8, 4) is 10.6 Å². The van der Waals surface area contributed by atoms with E-state index in [2.05, 4.69) is 27.5 Å². The molecule has 0 atom stereocenters. The van der Waals surface area contributed by atoms with Gasteiger partial charge < -0.3 is 10.1 Å². The van der Waals surface area contributed by atoms with Gasteiger partial charge in [0.05, 0.1) is 11.7 Å². The van der Waals surface area contributed by atoms with Gasteiger partial charge in [-0.25, -0.2) is 0 Å². The van der Waals surface area contributed by atoms with Gasteiger partial charge in [-0.05, 0) is 17.9 Å².